The van der Waals surface area contributed by atoms with Crippen molar-refractivity contribution in [2.24, 2.45) is 0 Å². The van der Waals surface area contributed by atoms with Gasteiger partial charge in [0.05, 0.1) is 0 Å². The van der Waals surface area contributed by atoms with Gasteiger partial charge in [0, 0.05) is 16.3 Å². The summed E-state index contributed by atoms with van der Waals surface area (Å²) in [6, 6.07) is 10.3. The number of phenols is 1. The first-order valence-corrected chi connectivity index (χ1v) is 7.77. The van der Waals surface area contributed by atoms with Crippen LogP contribution in [0.1, 0.15) is 34.6 Å². The number of esters is 1. The molecule has 0 radical (unpaired) electrons. The second kappa shape index (κ2) is 7.81. The lowest BCUT2D eigenvalue weighted by Gasteiger charge is -2.14. The number of ketones is 1. The van der Waals surface area contributed by atoms with E-state index in [1.54, 1.807) is 24.3 Å². The number of Topliss-reactive ketones (excluding diaryl/α,β-unsaturated/α-hetero) is 1. The predicted molar refractivity (Wildman–Crippen MR) is 93.1 cm³/mol. The number of hydrogen-bond acceptors (Lipinski definition) is 5. The minimum absolute atomic E-state index is 0.0806. The number of phenolic OH excluding ortho intramolecular Hbond substituents is 1. The van der Waals surface area contributed by atoms with Crippen LogP contribution in [0.4, 0.5) is 5.69 Å². The lowest BCUT2D eigenvalue weighted by Crippen LogP contribution is -2.30. The Balaban J connectivity index is 1.99. The Bertz CT molecular complexity index is 817. The molecule has 2 N–H and O–H groups in total. The van der Waals surface area contributed by atoms with Gasteiger partial charge in [0.2, 0.25) is 0 Å². The number of halogens is 1. The summed E-state index contributed by atoms with van der Waals surface area (Å²) >= 11 is 5.70. The van der Waals surface area contributed by atoms with Crippen LogP contribution in [0.25, 0.3) is 0 Å². The van der Waals surface area contributed by atoms with Gasteiger partial charge in [-0.3, -0.25) is 9.59 Å². The molecular weight excluding hydrogens is 346 g/mol. The van der Waals surface area contributed by atoms with Crippen molar-refractivity contribution >= 4 is 34.9 Å². The number of benzene rings is 2. The first-order valence-electron chi connectivity index (χ1n) is 7.39. The van der Waals surface area contributed by atoms with Crippen LogP contribution in [0, 0.1) is 0 Å². The van der Waals surface area contributed by atoms with E-state index in [0.29, 0.717) is 11.3 Å². The van der Waals surface area contributed by atoms with Crippen LogP contribution in [-0.4, -0.2) is 28.9 Å². The molecule has 2 aromatic carbocycles. The Morgan fingerprint density at radius 1 is 1.12 bits per heavy atom. The first-order chi connectivity index (χ1) is 11.8. The van der Waals surface area contributed by atoms with Gasteiger partial charge < -0.3 is 15.2 Å². The number of carbonyl (C=O) groups excluding carboxylic acids is 3. The zero-order valence-electron chi connectivity index (χ0n) is 13.6. The Morgan fingerprint density at radius 2 is 1.76 bits per heavy atom. The third-order valence-corrected chi connectivity index (χ3v) is 3.63. The van der Waals surface area contributed by atoms with Crippen molar-refractivity contribution in [1.29, 1.82) is 0 Å². The van der Waals surface area contributed by atoms with Crippen molar-refractivity contribution in [3.05, 3.63) is 58.6 Å². The Morgan fingerprint density at radius 3 is 2.32 bits per heavy atom. The molecule has 0 aromatic heterocycles. The molecule has 2 rings (SSSR count). The molecule has 0 fully saturated rings. The lowest BCUT2D eigenvalue weighted by molar-refractivity contribution is -0.123. The average Bonchev–Trinajstić information content (AvgIpc) is 2.55. The summed E-state index contributed by atoms with van der Waals surface area (Å²) in [4.78, 5) is 35.3. The van der Waals surface area contributed by atoms with Crippen molar-refractivity contribution in [3.8, 4) is 5.75 Å². The van der Waals surface area contributed by atoms with E-state index >= 15 is 0 Å². The molecule has 0 saturated carbocycles. The number of carbonyl (C=O) groups is 3. The van der Waals surface area contributed by atoms with E-state index in [9.17, 15) is 19.5 Å². The highest BCUT2D eigenvalue weighted by Gasteiger charge is 2.21. The van der Waals surface area contributed by atoms with Crippen molar-refractivity contribution in [2.45, 2.75) is 20.0 Å². The SMILES string of the molecule is CC(=O)c1ccc(NC(=O)C(C)OC(=O)c2ccc(Cl)cc2O)cc1. The van der Waals surface area contributed by atoms with Crippen molar-refractivity contribution in [2.75, 3.05) is 5.32 Å². The molecule has 1 amide bonds. The molecule has 0 aliphatic carbocycles. The van der Waals surface area contributed by atoms with Gasteiger partial charge in [0.15, 0.2) is 11.9 Å². The van der Waals surface area contributed by atoms with E-state index in [1.807, 2.05) is 0 Å². The summed E-state index contributed by atoms with van der Waals surface area (Å²) in [7, 11) is 0. The molecule has 0 aliphatic heterocycles. The van der Waals surface area contributed by atoms with Crippen LogP contribution >= 0.6 is 11.6 Å². The normalized spacial score (nSPS) is 11.5. The minimum atomic E-state index is -1.09. The maximum absolute atomic E-state index is 12.1. The van der Waals surface area contributed by atoms with Crippen molar-refractivity contribution in [3.63, 3.8) is 0 Å². The number of aromatic hydroxyl groups is 1. The van der Waals surface area contributed by atoms with Gasteiger partial charge in [-0.15, -0.1) is 0 Å². The number of anilines is 1. The van der Waals surface area contributed by atoms with Crippen LogP contribution in [0.3, 0.4) is 0 Å². The number of rotatable bonds is 5. The maximum Gasteiger partial charge on any atom is 0.342 e. The number of amides is 1. The van der Waals surface area contributed by atoms with Gasteiger partial charge in [-0.25, -0.2) is 4.79 Å². The molecule has 130 valence electrons. The van der Waals surface area contributed by atoms with Crippen molar-refractivity contribution in [1.82, 2.24) is 0 Å². The molecular formula is C18H16ClNO5. The van der Waals surface area contributed by atoms with E-state index in [1.165, 1.54) is 32.0 Å². The van der Waals surface area contributed by atoms with Crippen LogP contribution in [0.2, 0.25) is 5.02 Å². The standard InChI is InChI=1S/C18H16ClNO5/c1-10(21)12-3-6-14(7-4-12)20-17(23)11(2)25-18(24)15-8-5-13(19)9-16(15)22/h3-9,11,22H,1-2H3,(H,20,23). The van der Waals surface area contributed by atoms with E-state index in [0.717, 1.165) is 0 Å². The lowest BCUT2D eigenvalue weighted by atomic mass is 10.1. The minimum Gasteiger partial charge on any atom is -0.507 e. The van der Waals surface area contributed by atoms with E-state index < -0.39 is 18.0 Å². The smallest absolute Gasteiger partial charge is 0.342 e. The Labute approximate surface area is 149 Å². The fourth-order valence-corrected chi connectivity index (χ4v) is 2.15. The number of ether oxygens (including phenoxy) is 1. The molecule has 0 heterocycles. The number of nitrogens with one attached hydrogen (secondary N) is 1. The monoisotopic (exact) mass is 361 g/mol. The largest absolute Gasteiger partial charge is 0.507 e. The van der Waals surface area contributed by atoms with Crippen molar-refractivity contribution < 1.29 is 24.2 Å². The maximum atomic E-state index is 12.1. The van der Waals surface area contributed by atoms with Crippen LogP contribution in [0.5, 0.6) is 5.75 Å². The van der Waals surface area contributed by atoms with Gasteiger partial charge in [-0.1, -0.05) is 11.6 Å². The highest BCUT2D eigenvalue weighted by atomic mass is 35.5. The zero-order chi connectivity index (χ0) is 18.6. The quantitative estimate of drug-likeness (QED) is 0.628. The molecule has 0 aliphatic rings. The van der Waals surface area contributed by atoms with Gasteiger partial charge in [0.25, 0.3) is 5.91 Å². The number of hydrogen-bond donors (Lipinski definition) is 2. The molecule has 0 saturated heterocycles. The molecule has 0 bridgehead atoms. The van der Waals surface area contributed by atoms with Gasteiger partial charge in [0.1, 0.15) is 11.3 Å². The van der Waals surface area contributed by atoms with E-state index in [-0.39, 0.29) is 22.1 Å². The summed E-state index contributed by atoms with van der Waals surface area (Å²) in [5.41, 5.74) is 0.901. The molecule has 0 spiro atoms. The summed E-state index contributed by atoms with van der Waals surface area (Å²) in [5.74, 6) is -1.80. The molecule has 6 nitrogen and oxygen atoms in total. The second-order valence-corrected chi connectivity index (χ2v) is 5.77. The van der Waals surface area contributed by atoms with Gasteiger partial charge >= 0.3 is 5.97 Å². The fraction of sp³-hybridized carbons (Fsp3) is 0.167. The molecule has 25 heavy (non-hydrogen) atoms. The Hall–Kier alpha value is -2.86. The third-order valence-electron chi connectivity index (χ3n) is 3.39. The summed E-state index contributed by atoms with van der Waals surface area (Å²) in [6.07, 6.45) is -1.09. The van der Waals surface area contributed by atoms with Crippen LogP contribution < -0.4 is 5.32 Å². The zero-order valence-corrected chi connectivity index (χ0v) is 14.3. The molecule has 1 atom stereocenters. The average molecular weight is 362 g/mol. The topological polar surface area (TPSA) is 92.7 Å². The summed E-state index contributed by atoms with van der Waals surface area (Å²) in [5, 5.41) is 12.6. The molecule has 2 aromatic rings. The van der Waals surface area contributed by atoms with Crippen LogP contribution in [-0.2, 0) is 9.53 Å². The van der Waals surface area contributed by atoms with E-state index in [4.69, 9.17) is 16.3 Å². The third kappa shape index (κ3) is 4.81. The Kier molecular flexibility index (Phi) is 5.77. The van der Waals surface area contributed by atoms with E-state index in [2.05, 4.69) is 5.32 Å². The first kappa shape index (κ1) is 18.5. The highest BCUT2D eigenvalue weighted by Crippen LogP contribution is 2.23. The molecule has 1 unspecified atom stereocenters. The van der Waals surface area contributed by atoms with Gasteiger partial charge in [-0.2, -0.15) is 0 Å². The summed E-state index contributed by atoms with van der Waals surface area (Å²) < 4.78 is 5.04. The summed E-state index contributed by atoms with van der Waals surface area (Å²) in [6.45, 7) is 2.85. The van der Waals surface area contributed by atoms with Crippen LogP contribution in [0.15, 0.2) is 42.5 Å². The van der Waals surface area contributed by atoms with Gasteiger partial charge in [-0.05, 0) is 56.3 Å². The fourth-order valence-electron chi connectivity index (χ4n) is 1.99. The second-order valence-electron chi connectivity index (χ2n) is 5.33. The molecule has 7 heteroatoms. The predicted octanol–water partition coefficient (Wildman–Crippen LogP) is 3.43. The highest BCUT2D eigenvalue weighted by molar-refractivity contribution is 6.30.